The third kappa shape index (κ3) is 2.52. The fraction of sp³-hybridized carbons (Fsp3) is 0.227. The molecule has 2 aliphatic rings. The number of methoxy groups -OCH3 is 2. The van der Waals surface area contributed by atoms with Crippen molar-refractivity contribution >= 4 is 23.2 Å². The van der Waals surface area contributed by atoms with Crippen LogP contribution in [0.25, 0.3) is 5.70 Å². The van der Waals surface area contributed by atoms with Gasteiger partial charge in [-0.05, 0) is 24.6 Å². The molecule has 0 radical (unpaired) electrons. The van der Waals surface area contributed by atoms with E-state index < -0.39 is 17.8 Å². The number of phenols is 1. The Balaban J connectivity index is 1.96. The van der Waals surface area contributed by atoms with Gasteiger partial charge in [0.2, 0.25) is 0 Å². The number of esters is 1. The highest BCUT2D eigenvalue weighted by Gasteiger charge is 2.46. The van der Waals surface area contributed by atoms with Gasteiger partial charge in [-0.1, -0.05) is 30.3 Å². The quantitative estimate of drug-likeness (QED) is 0.829. The van der Waals surface area contributed by atoms with Gasteiger partial charge in [-0.2, -0.15) is 0 Å². The number of hydrogen-bond acceptors (Lipinski definition) is 6. The maximum absolute atomic E-state index is 13.2. The summed E-state index contributed by atoms with van der Waals surface area (Å²) in [5.74, 6) is -1.68. The van der Waals surface area contributed by atoms with Crippen molar-refractivity contribution in [3.63, 3.8) is 0 Å². The van der Waals surface area contributed by atoms with E-state index in [1.165, 1.54) is 20.3 Å². The van der Waals surface area contributed by atoms with Crippen LogP contribution in [0.5, 0.6) is 11.5 Å². The molecule has 1 aliphatic heterocycles. The zero-order valence-corrected chi connectivity index (χ0v) is 15.7. The second-order valence-electron chi connectivity index (χ2n) is 6.80. The van der Waals surface area contributed by atoms with Gasteiger partial charge in [0.25, 0.3) is 0 Å². The van der Waals surface area contributed by atoms with E-state index in [9.17, 15) is 14.7 Å². The number of carbonyl (C=O) groups excluding carboxylic acids is 2. The number of fused-ring (bicyclic) bond motifs is 2. The predicted octanol–water partition coefficient (Wildman–Crippen LogP) is 3.36. The van der Waals surface area contributed by atoms with Gasteiger partial charge in [0.1, 0.15) is 5.92 Å². The molecule has 2 aromatic carbocycles. The minimum absolute atomic E-state index is 0.0164. The number of ether oxygens (including phenoxy) is 2. The molecule has 0 bridgehead atoms. The molecule has 0 saturated heterocycles. The SMILES string of the molecule is COC(=O)C1C(C)=NC2=C(C(=O)c3ccccc32)[C@H]1c1ccc(O)c(OC)c1. The van der Waals surface area contributed by atoms with Crippen LogP contribution in [0.4, 0.5) is 0 Å². The topological polar surface area (TPSA) is 85.2 Å². The van der Waals surface area contributed by atoms with E-state index in [1.54, 1.807) is 25.1 Å². The van der Waals surface area contributed by atoms with Crippen LogP contribution in [0, 0.1) is 5.92 Å². The summed E-state index contributed by atoms with van der Waals surface area (Å²) in [6, 6.07) is 12.1. The predicted molar refractivity (Wildman–Crippen MR) is 104 cm³/mol. The molecule has 0 saturated carbocycles. The molecule has 1 aliphatic carbocycles. The summed E-state index contributed by atoms with van der Waals surface area (Å²) in [4.78, 5) is 30.5. The van der Waals surface area contributed by atoms with Crippen LogP contribution in [0.3, 0.4) is 0 Å². The van der Waals surface area contributed by atoms with Crippen LogP contribution in [0.15, 0.2) is 53.0 Å². The molecule has 0 fully saturated rings. The maximum Gasteiger partial charge on any atom is 0.315 e. The minimum Gasteiger partial charge on any atom is -0.504 e. The second-order valence-corrected chi connectivity index (χ2v) is 6.80. The van der Waals surface area contributed by atoms with Gasteiger partial charge in [-0.15, -0.1) is 0 Å². The molecule has 1 heterocycles. The summed E-state index contributed by atoms with van der Waals surface area (Å²) in [7, 11) is 2.77. The zero-order valence-electron chi connectivity index (χ0n) is 15.7. The summed E-state index contributed by atoms with van der Waals surface area (Å²) in [5.41, 5.74) is 3.65. The van der Waals surface area contributed by atoms with Crippen molar-refractivity contribution in [3.8, 4) is 11.5 Å². The minimum atomic E-state index is -0.740. The van der Waals surface area contributed by atoms with E-state index in [4.69, 9.17) is 9.47 Å². The molecule has 142 valence electrons. The lowest BCUT2D eigenvalue weighted by molar-refractivity contribution is -0.143. The molecule has 6 nitrogen and oxygen atoms in total. The molecule has 1 unspecified atom stereocenters. The molecule has 4 rings (SSSR count). The van der Waals surface area contributed by atoms with Gasteiger partial charge in [0.15, 0.2) is 17.3 Å². The van der Waals surface area contributed by atoms with Crippen molar-refractivity contribution in [1.29, 1.82) is 0 Å². The van der Waals surface area contributed by atoms with Crippen LogP contribution in [-0.2, 0) is 9.53 Å². The summed E-state index contributed by atoms with van der Waals surface area (Å²) in [6.45, 7) is 1.77. The van der Waals surface area contributed by atoms with Gasteiger partial charge in [-0.25, -0.2) is 0 Å². The van der Waals surface area contributed by atoms with Gasteiger partial charge in [0.05, 0.1) is 19.9 Å². The van der Waals surface area contributed by atoms with Crippen molar-refractivity contribution in [3.05, 3.63) is 64.7 Å². The van der Waals surface area contributed by atoms with E-state index in [-0.39, 0.29) is 17.3 Å². The fourth-order valence-electron chi connectivity index (χ4n) is 4.03. The average Bonchev–Trinajstić information content (AvgIpc) is 2.99. The van der Waals surface area contributed by atoms with E-state index in [1.807, 2.05) is 18.2 Å². The van der Waals surface area contributed by atoms with Crippen molar-refractivity contribution < 1.29 is 24.2 Å². The molecule has 2 atom stereocenters. The molecular formula is C22H19NO5. The van der Waals surface area contributed by atoms with E-state index >= 15 is 0 Å². The first kappa shape index (κ1) is 18.0. The number of benzene rings is 2. The Morgan fingerprint density at radius 1 is 1.11 bits per heavy atom. The number of carbonyl (C=O) groups is 2. The van der Waals surface area contributed by atoms with E-state index in [0.29, 0.717) is 28.1 Å². The lowest BCUT2D eigenvalue weighted by Gasteiger charge is -2.30. The Kier molecular flexibility index (Phi) is 4.26. The summed E-state index contributed by atoms with van der Waals surface area (Å²) in [6.07, 6.45) is 0. The highest BCUT2D eigenvalue weighted by Crippen LogP contribution is 2.48. The third-order valence-electron chi connectivity index (χ3n) is 5.33. The Labute approximate surface area is 162 Å². The highest BCUT2D eigenvalue weighted by atomic mass is 16.5. The molecule has 2 aromatic rings. The number of allylic oxidation sites excluding steroid dienone is 1. The lowest BCUT2D eigenvalue weighted by Crippen LogP contribution is -2.34. The van der Waals surface area contributed by atoms with Crippen LogP contribution >= 0.6 is 0 Å². The molecule has 28 heavy (non-hydrogen) atoms. The van der Waals surface area contributed by atoms with Crippen molar-refractivity contribution in [1.82, 2.24) is 0 Å². The largest absolute Gasteiger partial charge is 0.504 e. The van der Waals surface area contributed by atoms with E-state index in [0.717, 1.165) is 5.56 Å². The average molecular weight is 377 g/mol. The Morgan fingerprint density at radius 2 is 1.82 bits per heavy atom. The number of rotatable bonds is 3. The second kappa shape index (κ2) is 6.64. The molecular weight excluding hydrogens is 358 g/mol. The molecule has 0 aromatic heterocycles. The number of aliphatic imine (C=N–C) groups is 1. The normalized spacial score (nSPS) is 20.4. The maximum atomic E-state index is 13.2. The number of ketones is 1. The molecule has 1 N–H and O–H groups in total. The van der Waals surface area contributed by atoms with E-state index in [2.05, 4.69) is 4.99 Å². The summed E-state index contributed by atoms with van der Waals surface area (Å²) < 4.78 is 10.2. The smallest absolute Gasteiger partial charge is 0.315 e. The van der Waals surface area contributed by atoms with Gasteiger partial charge in [0, 0.05) is 28.3 Å². The van der Waals surface area contributed by atoms with Crippen LogP contribution in [0.1, 0.15) is 34.3 Å². The number of phenolic OH excluding ortho intramolecular Hbond substituents is 1. The monoisotopic (exact) mass is 377 g/mol. The zero-order chi connectivity index (χ0) is 20.0. The van der Waals surface area contributed by atoms with Gasteiger partial charge >= 0.3 is 5.97 Å². The van der Waals surface area contributed by atoms with Gasteiger partial charge < -0.3 is 14.6 Å². The first-order chi connectivity index (χ1) is 13.5. The summed E-state index contributed by atoms with van der Waals surface area (Å²) >= 11 is 0. The Morgan fingerprint density at radius 3 is 2.50 bits per heavy atom. The molecule has 0 amide bonds. The van der Waals surface area contributed by atoms with Crippen LogP contribution in [0.2, 0.25) is 0 Å². The number of aromatic hydroxyl groups is 1. The van der Waals surface area contributed by atoms with Crippen molar-refractivity contribution in [2.24, 2.45) is 10.9 Å². The highest BCUT2D eigenvalue weighted by molar-refractivity contribution is 6.24. The molecule has 0 spiro atoms. The van der Waals surface area contributed by atoms with Gasteiger partial charge in [-0.3, -0.25) is 14.6 Å². The Hall–Kier alpha value is -3.41. The number of nitrogens with zero attached hydrogens (tertiary/aromatic N) is 1. The first-order valence-electron chi connectivity index (χ1n) is 8.86. The first-order valence-corrected chi connectivity index (χ1v) is 8.86. The number of Topliss-reactive ketones (excluding diaryl/α,β-unsaturated/α-hetero) is 1. The fourth-order valence-corrected chi connectivity index (χ4v) is 4.03. The molecule has 6 heteroatoms. The number of hydrogen-bond donors (Lipinski definition) is 1. The summed E-state index contributed by atoms with van der Waals surface area (Å²) in [5, 5.41) is 9.97. The van der Waals surface area contributed by atoms with Crippen LogP contribution in [-0.4, -0.2) is 36.8 Å². The Bertz CT molecular complexity index is 1070. The lowest BCUT2D eigenvalue weighted by atomic mass is 9.75. The van der Waals surface area contributed by atoms with Crippen molar-refractivity contribution in [2.75, 3.05) is 14.2 Å². The third-order valence-corrected chi connectivity index (χ3v) is 5.33. The standard InChI is InChI=1S/C22H19NO5/c1-11-17(22(26)28-3)18(12-8-9-15(24)16(10-12)27-2)19-20(23-11)13-6-4-5-7-14(13)21(19)25/h4-10,17-18,24H,1-3H3/t17?,18-/m0/s1. The van der Waals surface area contributed by atoms with Crippen molar-refractivity contribution in [2.45, 2.75) is 12.8 Å². The van der Waals surface area contributed by atoms with Crippen LogP contribution < -0.4 is 4.74 Å².